The average molecular weight is 437 g/mol. The van der Waals surface area contributed by atoms with Crippen LogP contribution in [0.15, 0.2) is 54.6 Å². The smallest absolute Gasteiger partial charge is 0.0653 e. The molecule has 0 unspecified atom stereocenters. The van der Waals surface area contributed by atoms with E-state index in [2.05, 4.69) is 96.1 Å². The van der Waals surface area contributed by atoms with Crippen molar-refractivity contribution in [2.45, 2.75) is 78.6 Å². The lowest BCUT2D eigenvalue weighted by Crippen LogP contribution is -2.15. The molecule has 0 aromatic heterocycles. The van der Waals surface area contributed by atoms with Crippen molar-refractivity contribution in [3.63, 3.8) is 0 Å². The molecule has 176 valence electrons. The summed E-state index contributed by atoms with van der Waals surface area (Å²) in [5.74, 6) is 0.711. The van der Waals surface area contributed by atoms with E-state index in [0.29, 0.717) is 5.92 Å². The van der Waals surface area contributed by atoms with E-state index in [-0.39, 0.29) is 5.41 Å². The predicted octanol–water partition coefficient (Wildman–Crippen LogP) is 8.09. The van der Waals surface area contributed by atoms with Crippen LogP contribution in [-0.4, -0.2) is 26.4 Å². The van der Waals surface area contributed by atoms with E-state index >= 15 is 0 Å². The van der Waals surface area contributed by atoms with Gasteiger partial charge in [0.15, 0.2) is 0 Å². The molecule has 1 saturated heterocycles. The zero-order valence-corrected chi connectivity index (χ0v) is 21.2. The summed E-state index contributed by atoms with van der Waals surface area (Å²) in [6, 6.07) is 17.9. The predicted molar refractivity (Wildman–Crippen MR) is 138 cm³/mol. The number of rotatable bonds is 2. The van der Waals surface area contributed by atoms with Crippen LogP contribution in [0.2, 0.25) is 0 Å². The topological polar surface area (TPSA) is 18.5 Å². The first-order valence-corrected chi connectivity index (χ1v) is 12.4. The van der Waals surface area contributed by atoms with Crippen LogP contribution in [0.3, 0.4) is 0 Å². The van der Waals surface area contributed by atoms with Crippen LogP contribution in [0.5, 0.6) is 0 Å². The fraction of sp³-hybridized carbons (Fsp3) is 0.533. The molecular formula is C30H44O2. The molecule has 0 atom stereocenters. The van der Waals surface area contributed by atoms with Crippen molar-refractivity contribution >= 4 is 5.57 Å². The van der Waals surface area contributed by atoms with E-state index in [1.54, 1.807) is 0 Å². The molecule has 2 aromatic carbocycles. The normalized spacial score (nSPS) is 16.8. The molecule has 2 heterocycles. The highest BCUT2D eigenvalue weighted by molar-refractivity contribution is 5.66. The fourth-order valence-corrected chi connectivity index (χ4v) is 3.84. The van der Waals surface area contributed by atoms with Crippen LogP contribution in [0.4, 0.5) is 0 Å². The van der Waals surface area contributed by atoms with E-state index in [1.807, 2.05) is 0 Å². The molecule has 2 aromatic rings. The molecule has 4 rings (SSSR count). The maximum absolute atomic E-state index is 5.40. The van der Waals surface area contributed by atoms with Gasteiger partial charge in [-0.3, -0.25) is 0 Å². The molecule has 0 aliphatic carbocycles. The summed E-state index contributed by atoms with van der Waals surface area (Å²) in [5, 5.41) is 0. The molecule has 0 spiro atoms. The van der Waals surface area contributed by atoms with Crippen molar-refractivity contribution in [2.24, 2.45) is 0 Å². The maximum Gasteiger partial charge on any atom is 0.0653 e. The van der Waals surface area contributed by atoms with E-state index < -0.39 is 0 Å². The molecule has 32 heavy (non-hydrogen) atoms. The van der Waals surface area contributed by atoms with Gasteiger partial charge in [0.25, 0.3) is 0 Å². The SMILES string of the molecule is CC(C)(C)c1ccc(C2CCOCC2)cc1.CCC.Cc1ccc(C2=CCOCC2)cc1. The van der Waals surface area contributed by atoms with Crippen LogP contribution in [-0.2, 0) is 14.9 Å². The first kappa shape index (κ1) is 26.4. The molecule has 2 aliphatic rings. The Morgan fingerprint density at radius 3 is 1.91 bits per heavy atom. The Bertz CT molecular complexity index is 788. The zero-order valence-electron chi connectivity index (χ0n) is 21.2. The second kappa shape index (κ2) is 13.6. The van der Waals surface area contributed by atoms with Crippen LogP contribution in [0.25, 0.3) is 5.57 Å². The highest BCUT2D eigenvalue weighted by Gasteiger charge is 2.17. The summed E-state index contributed by atoms with van der Waals surface area (Å²) in [7, 11) is 0. The largest absolute Gasteiger partial charge is 0.381 e. The fourth-order valence-electron chi connectivity index (χ4n) is 3.84. The van der Waals surface area contributed by atoms with Gasteiger partial charge in [0.1, 0.15) is 0 Å². The van der Waals surface area contributed by atoms with Crippen molar-refractivity contribution in [2.75, 3.05) is 26.4 Å². The lowest BCUT2D eigenvalue weighted by Gasteiger charge is -2.24. The minimum atomic E-state index is 0.258. The monoisotopic (exact) mass is 436 g/mol. The Morgan fingerprint density at radius 2 is 1.41 bits per heavy atom. The molecule has 2 aliphatic heterocycles. The molecule has 0 radical (unpaired) electrons. The number of aryl methyl sites for hydroxylation is 1. The standard InChI is InChI=1S/C15H22O.C12H14O.C3H8/c1-15(2,3)14-6-4-12(5-7-14)13-8-10-16-11-9-13;1-10-2-4-11(5-3-10)12-6-8-13-9-7-12;1-3-2/h4-7,13H,8-11H2,1-3H3;2-6H,7-9H2,1H3;3H2,1-2H3. The third-order valence-electron chi connectivity index (χ3n) is 5.86. The molecule has 2 nitrogen and oxygen atoms in total. The molecule has 0 bridgehead atoms. The summed E-state index contributed by atoms with van der Waals surface area (Å²) in [6.07, 6.45) is 6.82. The van der Waals surface area contributed by atoms with Crippen molar-refractivity contribution in [3.8, 4) is 0 Å². The summed E-state index contributed by atoms with van der Waals surface area (Å²) in [6.45, 7) is 16.6. The van der Waals surface area contributed by atoms with Gasteiger partial charge in [-0.25, -0.2) is 0 Å². The van der Waals surface area contributed by atoms with Crippen LogP contribution in [0, 0.1) is 6.92 Å². The molecule has 0 saturated carbocycles. The van der Waals surface area contributed by atoms with Crippen molar-refractivity contribution < 1.29 is 9.47 Å². The molecule has 0 amide bonds. The van der Waals surface area contributed by atoms with Crippen molar-refractivity contribution in [1.82, 2.24) is 0 Å². The maximum atomic E-state index is 5.40. The Hall–Kier alpha value is -1.90. The average Bonchev–Trinajstić information content (AvgIpc) is 2.81. The Kier molecular flexibility index (Phi) is 11.2. The molecule has 2 heteroatoms. The first-order valence-electron chi connectivity index (χ1n) is 12.4. The van der Waals surface area contributed by atoms with E-state index in [9.17, 15) is 0 Å². The van der Waals surface area contributed by atoms with Crippen LogP contribution >= 0.6 is 0 Å². The van der Waals surface area contributed by atoms with Gasteiger partial charge in [-0.2, -0.15) is 0 Å². The zero-order chi connectivity index (χ0) is 23.4. The van der Waals surface area contributed by atoms with E-state index in [4.69, 9.17) is 9.47 Å². The number of hydrogen-bond acceptors (Lipinski definition) is 2. The molecular weight excluding hydrogens is 392 g/mol. The minimum Gasteiger partial charge on any atom is -0.381 e. The highest BCUT2D eigenvalue weighted by atomic mass is 16.5. The first-order chi connectivity index (χ1) is 15.3. The highest BCUT2D eigenvalue weighted by Crippen LogP contribution is 2.29. The van der Waals surface area contributed by atoms with E-state index in [0.717, 1.165) is 32.8 Å². The minimum absolute atomic E-state index is 0.258. The Balaban J connectivity index is 0.000000206. The van der Waals surface area contributed by atoms with E-state index in [1.165, 1.54) is 47.1 Å². The quantitative estimate of drug-likeness (QED) is 0.473. The van der Waals surface area contributed by atoms with Gasteiger partial charge in [0, 0.05) is 13.2 Å². The van der Waals surface area contributed by atoms with Crippen LogP contribution in [0.1, 0.15) is 88.5 Å². The van der Waals surface area contributed by atoms with Gasteiger partial charge in [0.2, 0.25) is 0 Å². The summed E-state index contributed by atoms with van der Waals surface area (Å²) in [4.78, 5) is 0. The van der Waals surface area contributed by atoms with Gasteiger partial charge in [-0.1, -0.05) is 101 Å². The molecule has 1 fully saturated rings. The summed E-state index contributed by atoms with van der Waals surface area (Å²) >= 11 is 0. The summed E-state index contributed by atoms with van der Waals surface area (Å²) < 4.78 is 10.7. The number of hydrogen-bond donors (Lipinski definition) is 0. The van der Waals surface area contributed by atoms with Crippen LogP contribution < -0.4 is 0 Å². The lowest BCUT2D eigenvalue weighted by molar-refractivity contribution is 0.0853. The third kappa shape index (κ3) is 8.92. The van der Waals surface area contributed by atoms with Crippen molar-refractivity contribution in [3.05, 3.63) is 76.9 Å². The van der Waals surface area contributed by atoms with Gasteiger partial charge in [-0.05, 0) is 59.8 Å². The molecule has 0 N–H and O–H groups in total. The van der Waals surface area contributed by atoms with Gasteiger partial charge in [-0.15, -0.1) is 0 Å². The Morgan fingerprint density at radius 1 is 0.812 bits per heavy atom. The number of ether oxygens (including phenoxy) is 2. The summed E-state index contributed by atoms with van der Waals surface area (Å²) in [5.41, 5.74) is 7.24. The second-order valence-electron chi connectivity index (χ2n) is 9.89. The third-order valence-corrected chi connectivity index (χ3v) is 5.86. The van der Waals surface area contributed by atoms with Gasteiger partial charge >= 0.3 is 0 Å². The lowest BCUT2D eigenvalue weighted by atomic mass is 9.84. The van der Waals surface area contributed by atoms with Gasteiger partial charge < -0.3 is 9.47 Å². The van der Waals surface area contributed by atoms with Crippen molar-refractivity contribution in [1.29, 1.82) is 0 Å². The van der Waals surface area contributed by atoms with Gasteiger partial charge in [0.05, 0.1) is 13.2 Å². The Labute approximate surface area is 197 Å². The second-order valence-corrected chi connectivity index (χ2v) is 9.89. The number of benzene rings is 2.